The Bertz CT molecular complexity index is 311. The van der Waals surface area contributed by atoms with Gasteiger partial charge < -0.3 is 20.8 Å². The second-order valence-corrected chi connectivity index (χ2v) is 5.28. The fraction of sp³-hybridized carbons (Fsp3) is 0.833. The fourth-order valence-electron chi connectivity index (χ4n) is 2.30. The number of carboxylic acids is 1. The summed E-state index contributed by atoms with van der Waals surface area (Å²) in [5.41, 5.74) is -0.274. The van der Waals surface area contributed by atoms with E-state index in [4.69, 9.17) is 5.11 Å². The van der Waals surface area contributed by atoms with Crippen LogP contribution in [0.15, 0.2) is 0 Å². The second kappa shape index (κ2) is 6.04. The maximum atomic E-state index is 11.7. The van der Waals surface area contributed by atoms with Crippen molar-refractivity contribution in [2.45, 2.75) is 63.6 Å². The van der Waals surface area contributed by atoms with Crippen LogP contribution in [0.3, 0.4) is 0 Å². The lowest BCUT2D eigenvalue weighted by atomic mass is 9.83. The lowest BCUT2D eigenvalue weighted by molar-refractivity contribution is -0.141. The first-order valence-corrected chi connectivity index (χ1v) is 6.34. The highest BCUT2D eigenvalue weighted by Crippen LogP contribution is 2.27. The highest BCUT2D eigenvalue weighted by molar-refractivity contribution is 5.83. The molecule has 18 heavy (non-hydrogen) atoms. The third-order valence-corrected chi connectivity index (χ3v) is 3.41. The van der Waals surface area contributed by atoms with E-state index >= 15 is 0 Å². The van der Waals surface area contributed by atoms with Gasteiger partial charge in [-0.25, -0.2) is 9.59 Å². The summed E-state index contributed by atoms with van der Waals surface area (Å²) in [6.45, 7) is 3.30. The van der Waals surface area contributed by atoms with Crippen LogP contribution in [0.25, 0.3) is 0 Å². The fourth-order valence-corrected chi connectivity index (χ4v) is 2.30. The Morgan fingerprint density at radius 2 is 1.78 bits per heavy atom. The van der Waals surface area contributed by atoms with Crippen molar-refractivity contribution >= 4 is 12.0 Å². The average molecular weight is 258 g/mol. The molecule has 2 atom stereocenters. The molecular weight excluding hydrogens is 236 g/mol. The predicted molar refractivity (Wildman–Crippen MR) is 66.3 cm³/mol. The molecule has 104 valence electrons. The zero-order chi connectivity index (χ0) is 13.8. The average Bonchev–Trinajstić information content (AvgIpc) is 2.25. The minimum absolute atomic E-state index is 0.274. The van der Waals surface area contributed by atoms with Crippen LogP contribution in [0.2, 0.25) is 0 Å². The number of carbonyl (C=O) groups is 2. The van der Waals surface area contributed by atoms with Crippen LogP contribution in [-0.4, -0.2) is 39.9 Å². The van der Waals surface area contributed by atoms with E-state index in [2.05, 4.69) is 10.6 Å². The van der Waals surface area contributed by atoms with E-state index in [-0.39, 0.29) is 5.54 Å². The lowest BCUT2D eigenvalue weighted by Gasteiger charge is -2.35. The maximum Gasteiger partial charge on any atom is 0.328 e. The number of aliphatic hydroxyl groups excluding tert-OH is 1. The molecule has 0 aromatic heterocycles. The molecule has 1 rings (SSSR count). The van der Waals surface area contributed by atoms with Gasteiger partial charge in [-0.15, -0.1) is 0 Å². The van der Waals surface area contributed by atoms with Gasteiger partial charge in [-0.1, -0.05) is 19.3 Å². The van der Waals surface area contributed by atoms with Crippen molar-refractivity contribution in [2.75, 3.05) is 0 Å². The zero-order valence-electron chi connectivity index (χ0n) is 10.9. The van der Waals surface area contributed by atoms with Gasteiger partial charge in [0, 0.05) is 5.54 Å². The van der Waals surface area contributed by atoms with Crippen molar-refractivity contribution in [3.63, 3.8) is 0 Å². The van der Waals surface area contributed by atoms with Gasteiger partial charge in [0.1, 0.15) is 0 Å². The van der Waals surface area contributed by atoms with Gasteiger partial charge in [-0.05, 0) is 26.7 Å². The molecule has 1 fully saturated rings. The summed E-state index contributed by atoms with van der Waals surface area (Å²) in [6.07, 6.45) is 3.96. The summed E-state index contributed by atoms with van der Waals surface area (Å²) in [6, 6.07) is -1.81. The van der Waals surface area contributed by atoms with Gasteiger partial charge in [0.05, 0.1) is 6.10 Å². The van der Waals surface area contributed by atoms with E-state index in [9.17, 15) is 14.7 Å². The Balaban J connectivity index is 2.52. The van der Waals surface area contributed by atoms with E-state index in [0.717, 1.165) is 25.7 Å². The third-order valence-electron chi connectivity index (χ3n) is 3.41. The molecular formula is C12H22N2O4. The summed E-state index contributed by atoms with van der Waals surface area (Å²) in [5.74, 6) is -1.24. The van der Waals surface area contributed by atoms with Gasteiger partial charge in [-0.2, -0.15) is 0 Å². The highest BCUT2D eigenvalue weighted by Gasteiger charge is 2.31. The SMILES string of the molecule is CC(O)C(NC(=O)NC1(C)CCCCC1)C(=O)O. The first-order chi connectivity index (χ1) is 8.34. The molecule has 1 saturated carbocycles. The quantitative estimate of drug-likeness (QED) is 0.600. The van der Waals surface area contributed by atoms with Gasteiger partial charge in [0.25, 0.3) is 0 Å². The summed E-state index contributed by atoms with van der Waals surface area (Å²) in [5, 5.41) is 23.2. The van der Waals surface area contributed by atoms with Crippen molar-refractivity contribution in [1.82, 2.24) is 10.6 Å². The Morgan fingerprint density at radius 1 is 1.22 bits per heavy atom. The molecule has 0 aromatic rings. The van der Waals surface area contributed by atoms with E-state index in [1.165, 1.54) is 13.3 Å². The molecule has 0 bridgehead atoms. The van der Waals surface area contributed by atoms with Crippen LogP contribution < -0.4 is 10.6 Å². The van der Waals surface area contributed by atoms with E-state index < -0.39 is 24.1 Å². The van der Waals surface area contributed by atoms with Crippen molar-refractivity contribution < 1.29 is 19.8 Å². The van der Waals surface area contributed by atoms with Crippen LogP contribution in [-0.2, 0) is 4.79 Å². The van der Waals surface area contributed by atoms with Crippen LogP contribution in [0.4, 0.5) is 4.79 Å². The number of aliphatic hydroxyl groups is 1. The molecule has 6 heteroatoms. The van der Waals surface area contributed by atoms with Gasteiger partial charge >= 0.3 is 12.0 Å². The van der Waals surface area contributed by atoms with Gasteiger partial charge in [-0.3, -0.25) is 0 Å². The predicted octanol–water partition coefficient (Wildman–Crippen LogP) is 0.842. The van der Waals surface area contributed by atoms with Crippen LogP contribution >= 0.6 is 0 Å². The number of hydrogen-bond donors (Lipinski definition) is 4. The molecule has 2 unspecified atom stereocenters. The summed E-state index contributed by atoms with van der Waals surface area (Å²) >= 11 is 0. The normalized spacial score (nSPS) is 21.7. The van der Waals surface area contributed by atoms with Crippen molar-refractivity contribution in [3.05, 3.63) is 0 Å². The molecule has 0 spiro atoms. The Hall–Kier alpha value is -1.30. The molecule has 0 heterocycles. The zero-order valence-corrected chi connectivity index (χ0v) is 10.9. The monoisotopic (exact) mass is 258 g/mol. The standard InChI is InChI=1S/C12H22N2O4/c1-8(15)9(10(16)17)13-11(18)14-12(2)6-4-3-5-7-12/h8-9,15H,3-7H2,1-2H3,(H,16,17)(H2,13,14,18). The number of carboxylic acid groups (broad SMARTS) is 1. The number of rotatable bonds is 4. The third kappa shape index (κ3) is 4.18. The number of nitrogens with one attached hydrogen (secondary N) is 2. The molecule has 1 aliphatic carbocycles. The lowest BCUT2D eigenvalue weighted by Crippen LogP contribution is -2.56. The first kappa shape index (κ1) is 14.8. The van der Waals surface area contributed by atoms with Crippen molar-refractivity contribution in [2.24, 2.45) is 0 Å². The summed E-state index contributed by atoms with van der Waals surface area (Å²) < 4.78 is 0. The summed E-state index contributed by atoms with van der Waals surface area (Å²) in [7, 11) is 0. The van der Waals surface area contributed by atoms with Crippen molar-refractivity contribution in [1.29, 1.82) is 0 Å². The Labute approximate surface area is 107 Å². The first-order valence-electron chi connectivity index (χ1n) is 6.34. The van der Waals surface area contributed by atoms with Crippen LogP contribution in [0.5, 0.6) is 0 Å². The maximum absolute atomic E-state index is 11.7. The highest BCUT2D eigenvalue weighted by atomic mass is 16.4. The van der Waals surface area contributed by atoms with E-state index in [0.29, 0.717) is 0 Å². The number of aliphatic carboxylic acids is 1. The largest absolute Gasteiger partial charge is 0.480 e. The number of amides is 2. The van der Waals surface area contributed by atoms with E-state index in [1.807, 2.05) is 6.92 Å². The molecule has 0 aromatic carbocycles. The molecule has 4 N–H and O–H groups in total. The Morgan fingerprint density at radius 3 is 2.22 bits per heavy atom. The molecule has 0 saturated heterocycles. The van der Waals surface area contributed by atoms with E-state index in [1.54, 1.807) is 0 Å². The number of carbonyl (C=O) groups excluding carboxylic acids is 1. The molecule has 2 amide bonds. The molecule has 0 aliphatic heterocycles. The summed E-state index contributed by atoms with van der Waals surface area (Å²) in [4.78, 5) is 22.6. The van der Waals surface area contributed by atoms with Crippen molar-refractivity contribution in [3.8, 4) is 0 Å². The molecule has 0 radical (unpaired) electrons. The topological polar surface area (TPSA) is 98.7 Å². The molecule has 1 aliphatic rings. The minimum Gasteiger partial charge on any atom is -0.480 e. The van der Waals surface area contributed by atoms with Gasteiger partial charge in [0.2, 0.25) is 0 Å². The Kier molecular flexibility index (Phi) is 4.95. The number of hydrogen-bond acceptors (Lipinski definition) is 3. The van der Waals surface area contributed by atoms with Crippen LogP contribution in [0.1, 0.15) is 46.0 Å². The second-order valence-electron chi connectivity index (χ2n) is 5.28. The number of urea groups is 1. The van der Waals surface area contributed by atoms with Crippen LogP contribution in [0, 0.1) is 0 Å². The molecule has 6 nitrogen and oxygen atoms in total. The van der Waals surface area contributed by atoms with Gasteiger partial charge in [0.15, 0.2) is 6.04 Å². The smallest absolute Gasteiger partial charge is 0.328 e. The minimum atomic E-state index is -1.28.